The lowest BCUT2D eigenvalue weighted by molar-refractivity contribution is -0.121. The molecule has 0 spiro atoms. The number of benzene rings is 1. The zero-order valence-electron chi connectivity index (χ0n) is 13.9. The fraction of sp³-hybridized carbons (Fsp3) is 0.529. The lowest BCUT2D eigenvalue weighted by Gasteiger charge is -2.22. The summed E-state index contributed by atoms with van der Waals surface area (Å²) in [6.07, 6.45) is 5.59. The first-order valence-electron chi connectivity index (χ1n) is 8.28. The van der Waals surface area contributed by atoms with Crippen molar-refractivity contribution < 1.29 is 18.0 Å². The van der Waals surface area contributed by atoms with Crippen LogP contribution in [0.3, 0.4) is 0 Å². The van der Waals surface area contributed by atoms with Crippen LogP contribution in [0.25, 0.3) is 0 Å². The Hall–Kier alpha value is -1.73. The monoisotopic (exact) mass is 352 g/mol. The first-order valence-corrected chi connectivity index (χ1v) is 9.77. The van der Waals surface area contributed by atoms with Crippen molar-refractivity contribution in [1.29, 1.82) is 0 Å². The molecule has 1 aromatic carbocycles. The van der Waals surface area contributed by atoms with Crippen LogP contribution in [0.5, 0.6) is 0 Å². The molecule has 0 aliphatic heterocycles. The number of carbonyl (C=O) groups is 2. The molecule has 7 heteroatoms. The number of sulfonamides is 1. The van der Waals surface area contributed by atoms with E-state index in [4.69, 9.17) is 0 Å². The molecule has 0 unspecified atom stereocenters. The number of nitrogens with one attached hydrogen (secondary N) is 2. The molecule has 1 saturated carbocycles. The third-order valence-electron chi connectivity index (χ3n) is 4.19. The van der Waals surface area contributed by atoms with E-state index >= 15 is 0 Å². The standard InChI is InChI=1S/C17H24N2O4S/c1-13(20)14-7-9-16(10-8-14)24(22,23)18-12-11-17(21)19-15-5-3-2-4-6-15/h7-10,15,18H,2-6,11-12H2,1H3,(H,19,21). The van der Waals surface area contributed by atoms with Gasteiger partial charge in [-0.15, -0.1) is 0 Å². The predicted octanol–water partition coefficient (Wildman–Crippen LogP) is 2.01. The van der Waals surface area contributed by atoms with Gasteiger partial charge in [0.15, 0.2) is 5.78 Å². The molecule has 0 heterocycles. The van der Waals surface area contributed by atoms with Gasteiger partial charge < -0.3 is 5.32 Å². The Morgan fingerprint density at radius 2 is 1.71 bits per heavy atom. The highest BCUT2D eigenvalue weighted by Crippen LogP contribution is 2.17. The van der Waals surface area contributed by atoms with Crippen molar-refractivity contribution in [2.24, 2.45) is 0 Å². The van der Waals surface area contributed by atoms with E-state index in [-0.39, 0.29) is 35.6 Å². The molecule has 132 valence electrons. The molecule has 24 heavy (non-hydrogen) atoms. The van der Waals surface area contributed by atoms with Gasteiger partial charge in [0.1, 0.15) is 0 Å². The maximum Gasteiger partial charge on any atom is 0.240 e. The van der Waals surface area contributed by atoms with Crippen molar-refractivity contribution in [3.05, 3.63) is 29.8 Å². The highest BCUT2D eigenvalue weighted by atomic mass is 32.2. The summed E-state index contributed by atoms with van der Waals surface area (Å²) in [7, 11) is -3.67. The number of Topliss-reactive ketones (excluding diaryl/α,β-unsaturated/α-hetero) is 1. The predicted molar refractivity (Wildman–Crippen MR) is 91.3 cm³/mol. The molecule has 1 fully saturated rings. The van der Waals surface area contributed by atoms with Gasteiger partial charge in [-0.1, -0.05) is 31.4 Å². The SMILES string of the molecule is CC(=O)c1ccc(S(=O)(=O)NCCC(=O)NC2CCCCC2)cc1. The average Bonchev–Trinajstić information content (AvgIpc) is 2.55. The molecule has 1 aromatic rings. The second-order valence-electron chi connectivity index (χ2n) is 6.13. The van der Waals surface area contributed by atoms with Gasteiger partial charge in [0.25, 0.3) is 0 Å². The van der Waals surface area contributed by atoms with Gasteiger partial charge in [0, 0.05) is 24.6 Å². The number of ketones is 1. The highest BCUT2D eigenvalue weighted by Gasteiger charge is 2.17. The minimum absolute atomic E-state index is 0.0509. The smallest absolute Gasteiger partial charge is 0.240 e. The van der Waals surface area contributed by atoms with Crippen LogP contribution in [0.15, 0.2) is 29.2 Å². The summed E-state index contributed by atoms with van der Waals surface area (Å²) in [6.45, 7) is 1.47. The molecule has 0 saturated heterocycles. The molecular weight excluding hydrogens is 328 g/mol. The summed E-state index contributed by atoms with van der Waals surface area (Å²) in [5, 5.41) is 2.95. The molecule has 1 aliphatic rings. The first kappa shape index (κ1) is 18.6. The molecule has 6 nitrogen and oxygen atoms in total. The van der Waals surface area contributed by atoms with Crippen LogP contribution < -0.4 is 10.0 Å². The zero-order valence-corrected chi connectivity index (χ0v) is 14.7. The van der Waals surface area contributed by atoms with Gasteiger partial charge in [-0.3, -0.25) is 9.59 Å². The Balaban J connectivity index is 1.81. The van der Waals surface area contributed by atoms with E-state index in [0.717, 1.165) is 25.7 Å². The maximum absolute atomic E-state index is 12.2. The topological polar surface area (TPSA) is 92.3 Å². The largest absolute Gasteiger partial charge is 0.353 e. The summed E-state index contributed by atoms with van der Waals surface area (Å²) in [4.78, 5) is 23.2. The lowest BCUT2D eigenvalue weighted by Crippen LogP contribution is -2.38. The van der Waals surface area contributed by atoms with E-state index in [9.17, 15) is 18.0 Å². The fourth-order valence-corrected chi connectivity index (χ4v) is 3.83. The van der Waals surface area contributed by atoms with Crippen molar-refractivity contribution in [2.75, 3.05) is 6.54 Å². The van der Waals surface area contributed by atoms with E-state index in [2.05, 4.69) is 10.0 Å². The van der Waals surface area contributed by atoms with Gasteiger partial charge in [-0.05, 0) is 31.9 Å². The number of rotatable bonds is 7. The van der Waals surface area contributed by atoms with Crippen molar-refractivity contribution in [2.45, 2.75) is 56.4 Å². The van der Waals surface area contributed by atoms with E-state index in [1.807, 2.05) is 0 Å². The van der Waals surface area contributed by atoms with Crippen molar-refractivity contribution >= 4 is 21.7 Å². The zero-order chi connectivity index (χ0) is 17.6. The normalized spacial score (nSPS) is 15.9. The number of carbonyl (C=O) groups excluding carboxylic acids is 2. The molecule has 0 aromatic heterocycles. The molecule has 0 bridgehead atoms. The minimum atomic E-state index is -3.67. The molecule has 2 rings (SSSR count). The van der Waals surface area contributed by atoms with Crippen molar-refractivity contribution in [3.8, 4) is 0 Å². The van der Waals surface area contributed by atoms with E-state index in [1.165, 1.54) is 37.6 Å². The summed E-state index contributed by atoms with van der Waals surface area (Å²) < 4.78 is 26.7. The Labute approximate surface area is 143 Å². The number of hydrogen-bond donors (Lipinski definition) is 2. The van der Waals surface area contributed by atoms with Crippen LogP contribution in [0, 0.1) is 0 Å². The summed E-state index contributed by atoms with van der Waals surface area (Å²) in [5.41, 5.74) is 0.459. The van der Waals surface area contributed by atoms with Gasteiger partial charge in [0.2, 0.25) is 15.9 Å². The fourth-order valence-electron chi connectivity index (χ4n) is 2.80. The molecule has 0 radical (unpaired) electrons. The van der Waals surface area contributed by atoms with Gasteiger partial charge >= 0.3 is 0 Å². The summed E-state index contributed by atoms with van der Waals surface area (Å²) in [6, 6.07) is 5.96. The number of amides is 1. The summed E-state index contributed by atoms with van der Waals surface area (Å²) in [5.74, 6) is -0.247. The average molecular weight is 352 g/mol. The van der Waals surface area contributed by atoms with Gasteiger partial charge in [0.05, 0.1) is 4.90 Å². The Morgan fingerprint density at radius 1 is 1.08 bits per heavy atom. The maximum atomic E-state index is 12.2. The Kier molecular flexibility index (Phi) is 6.51. The van der Waals surface area contributed by atoms with E-state index in [1.54, 1.807) is 0 Å². The molecule has 1 aliphatic carbocycles. The number of hydrogen-bond acceptors (Lipinski definition) is 4. The molecule has 1 amide bonds. The molecular formula is C17H24N2O4S. The van der Waals surface area contributed by atoms with Crippen LogP contribution in [-0.2, 0) is 14.8 Å². The lowest BCUT2D eigenvalue weighted by atomic mass is 9.95. The van der Waals surface area contributed by atoms with Crippen LogP contribution in [0.1, 0.15) is 55.8 Å². The highest BCUT2D eigenvalue weighted by molar-refractivity contribution is 7.89. The second kappa shape index (κ2) is 8.39. The van der Waals surface area contributed by atoms with Crippen molar-refractivity contribution in [3.63, 3.8) is 0 Å². The third-order valence-corrected chi connectivity index (χ3v) is 5.66. The van der Waals surface area contributed by atoms with Crippen LogP contribution in [0.2, 0.25) is 0 Å². The third kappa shape index (κ3) is 5.42. The minimum Gasteiger partial charge on any atom is -0.353 e. The Morgan fingerprint density at radius 3 is 2.29 bits per heavy atom. The van der Waals surface area contributed by atoms with Gasteiger partial charge in [-0.2, -0.15) is 0 Å². The van der Waals surface area contributed by atoms with Crippen LogP contribution in [0.4, 0.5) is 0 Å². The van der Waals surface area contributed by atoms with Crippen LogP contribution >= 0.6 is 0 Å². The molecule has 0 atom stereocenters. The van der Waals surface area contributed by atoms with E-state index < -0.39 is 10.0 Å². The van der Waals surface area contributed by atoms with Crippen LogP contribution in [-0.4, -0.2) is 32.7 Å². The first-order chi connectivity index (χ1) is 11.4. The summed E-state index contributed by atoms with van der Waals surface area (Å²) >= 11 is 0. The van der Waals surface area contributed by atoms with Gasteiger partial charge in [-0.25, -0.2) is 13.1 Å². The molecule has 2 N–H and O–H groups in total. The quantitative estimate of drug-likeness (QED) is 0.734. The van der Waals surface area contributed by atoms with Crippen molar-refractivity contribution in [1.82, 2.24) is 10.0 Å². The Bertz CT molecular complexity index is 677. The second-order valence-corrected chi connectivity index (χ2v) is 7.90. The van der Waals surface area contributed by atoms with E-state index in [0.29, 0.717) is 5.56 Å².